The summed E-state index contributed by atoms with van der Waals surface area (Å²) in [7, 11) is 0. The van der Waals surface area contributed by atoms with Crippen LogP contribution in [0.15, 0.2) is 0 Å². The first-order valence-electron chi connectivity index (χ1n) is 6.98. The number of nitrogens with zero attached hydrogens (tertiary/aromatic N) is 3. The molecular weight excluding hydrogens is 256 g/mol. The molecule has 0 saturated carbocycles. The molecule has 1 saturated heterocycles. The molecule has 6 nitrogen and oxygen atoms in total. The molecule has 1 fully saturated rings. The summed E-state index contributed by atoms with van der Waals surface area (Å²) in [5, 5.41) is 0. The Bertz CT molecular complexity index is 550. The van der Waals surface area contributed by atoms with Crippen molar-refractivity contribution in [2.45, 2.75) is 26.7 Å². The van der Waals surface area contributed by atoms with Gasteiger partial charge in [-0.05, 0) is 11.8 Å². The molecule has 2 aliphatic rings. The highest BCUT2D eigenvalue weighted by atomic mass is 16.5. The van der Waals surface area contributed by atoms with E-state index < -0.39 is 0 Å². The number of carbonyl (C=O) groups excluding carboxylic acids is 1. The van der Waals surface area contributed by atoms with Gasteiger partial charge in [-0.2, -0.15) is 4.98 Å². The van der Waals surface area contributed by atoms with Crippen molar-refractivity contribution in [1.82, 2.24) is 9.97 Å². The number of anilines is 2. The number of rotatable bonds is 1. The van der Waals surface area contributed by atoms with Crippen LogP contribution in [0.25, 0.3) is 0 Å². The Morgan fingerprint density at radius 1 is 1.20 bits per heavy atom. The van der Waals surface area contributed by atoms with Gasteiger partial charge in [-0.1, -0.05) is 13.8 Å². The molecule has 20 heavy (non-hydrogen) atoms. The first kappa shape index (κ1) is 13.3. The molecule has 2 heterocycles. The molecule has 1 aliphatic heterocycles. The summed E-state index contributed by atoms with van der Waals surface area (Å²) < 4.78 is 5.33. The minimum absolute atomic E-state index is 0.0577. The lowest BCUT2D eigenvalue weighted by Crippen LogP contribution is -2.38. The van der Waals surface area contributed by atoms with Crippen molar-refractivity contribution in [2.24, 2.45) is 5.41 Å². The maximum absolute atomic E-state index is 12.2. The zero-order valence-corrected chi connectivity index (χ0v) is 12.0. The number of fused-ring (bicyclic) bond motifs is 1. The van der Waals surface area contributed by atoms with E-state index in [4.69, 9.17) is 10.5 Å². The molecule has 6 heteroatoms. The van der Waals surface area contributed by atoms with E-state index in [1.807, 2.05) is 0 Å². The number of nitrogen functional groups attached to an aromatic ring is 1. The Hall–Kier alpha value is -1.69. The van der Waals surface area contributed by atoms with E-state index >= 15 is 0 Å². The second kappa shape index (κ2) is 4.70. The van der Waals surface area contributed by atoms with E-state index in [2.05, 4.69) is 28.7 Å². The number of aromatic nitrogens is 2. The second-order valence-corrected chi connectivity index (χ2v) is 6.27. The monoisotopic (exact) mass is 276 g/mol. The van der Waals surface area contributed by atoms with E-state index in [9.17, 15) is 4.79 Å². The number of hydrogen-bond donors (Lipinski definition) is 1. The van der Waals surface area contributed by atoms with Crippen LogP contribution in [0.5, 0.6) is 0 Å². The van der Waals surface area contributed by atoms with Crippen LogP contribution in [0.1, 0.15) is 36.3 Å². The predicted molar refractivity (Wildman–Crippen MR) is 75.9 cm³/mol. The fraction of sp³-hybridized carbons (Fsp3) is 0.643. The molecule has 0 amide bonds. The van der Waals surface area contributed by atoms with Crippen molar-refractivity contribution in [3.63, 3.8) is 0 Å². The third kappa shape index (κ3) is 2.35. The lowest BCUT2D eigenvalue weighted by molar-refractivity contribution is 0.0910. The second-order valence-electron chi connectivity index (χ2n) is 6.27. The molecule has 0 aromatic carbocycles. The summed E-state index contributed by atoms with van der Waals surface area (Å²) in [6.45, 7) is 7.03. The molecule has 1 aromatic heterocycles. The van der Waals surface area contributed by atoms with Gasteiger partial charge in [0.1, 0.15) is 5.82 Å². The molecule has 0 spiro atoms. The van der Waals surface area contributed by atoms with Gasteiger partial charge < -0.3 is 15.4 Å². The Labute approximate surface area is 118 Å². The van der Waals surface area contributed by atoms with Crippen molar-refractivity contribution in [3.05, 3.63) is 11.3 Å². The van der Waals surface area contributed by atoms with Crippen molar-refractivity contribution >= 4 is 17.5 Å². The van der Waals surface area contributed by atoms with Crippen LogP contribution < -0.4 is 10.6 Å². The summed E-state index contributed by atoms with van der Waals surface area (Å²) in [5.74, 6) is 0.995. The van der Waals surface area contributed by atoms with E-state index in [1.165, 1.54) is 0 Å². The summed E-state index contributed by atoms with van der Waals surface area (Å²) in [5.41, 5.74) is 7.26. The molecule has 0 radical (unpaired) electrons. The molecule has 3 rings (SSSR count). The first-order valence-corrected chi connectivity index (χ1v) is 6.98. The van der Waals surface area contributed by atoms with Gasteiger partial charge in [-0.25, -0.2) is 4.98 Å². The highest BCUT2D eigenvalue weighted by Crippen LogP contribution is 2.36. The third-order valence-electron chi connectivity index (χ3n) is 3.86. The summed E-state index contributed by atoms with van der Waals surface area (Å²) in [6, 6.07) is 0. The molecule has 0 bridgehead atoms. The zero-order valence-electron chi connectivity index (χ0n) is 12.0. The smallest absolute Gasteiger partial charge is 0.227 e. The van der Waals surface area contributed by atoms with Crippen molar-refractivity contribution in [1.29, 1.82) is 0 Å². The topological polar surface area (TPSA) is 81.3 Å². The molecular formula is C14H20N4O2. The summed E-state index contributed by atoms with van der Waals surface area (Å²) in [4.78, 5) is 23.2. The van der Waals surface area contributed by atoms with Gasteiger partial charge in [0.25, 0.3) is 0 Å². The minimum Gasteiger partial charge on any atom is -0.383 e. The van der Waals surface area contributed by atoms with E-state index in [-0.39, 0.29) is 11.2 Å². The molecule has 1 aromatic rings. The van der Waals surface area contributed by atoms with Crippen LogP contribution in [0.3, 0.4) is 0 Å². The van der Waals surface area contributed by atoms with Gasteiger partial charge in [-0.3, -0.25) is 4.79 Å². The number of carbonyl (C=O) groups is 1. The standard InChI is InChI=1S/C14H20N4O2/c1-14(2)7-9-11(10(19)8-14)12(15)17-13(16-9)18-3-5-20-6-4-18/h3-8H2,1-2H3,(H2,15,16,17). The Morgan fingerprint density at radius 3 is 2.60 bits per heavy atom. The minimum atomic E-state index is -0.0623. The highest BCUT2D eigenvalue weighted by Gasteiger charge is 2.34. The lowest BCUT2D eigenvalue weighted by Gasteiger charge is -2.32. The number of Topliss-reactive ketones (excluding diaryl/α,β-unsaturated/α-hetero) is 1. The molecule has 0 unspecified atom stereocenters. The summed E-state index contributed by atoms with van der Waals surface area (Å²) >= 11 is 0. The first-order chi connectivity index (χ1) is 9.46. The van der Waals surface area contributed by atoms with Crippen LogP contribution in [0, 0.1) is 5.41 Å². The molecule has 108 valence electrons. The number of nitrogens with two attached hydrogens (primary N) is 1. The fourth-order valence-corrected chi connectivity index (χ4v) is 2.89. The fourth-order valence-electron chi connectivity index (χ4n) is 2.89. The molecule has 2 N–H and O–H groups in total. The normalized spacial score (nSPS) is 21.7. The quantitative estimate of drug-likeness (QED) is 0.825. The van der Waals surface area contributed by atoms with E-state index in [0.29, 0.717) is 37.0 Å². The van der Waals surface area contributed by atoms with Crippen molar-refractivity contribution in [3.8, 4) is 0 Å². The van der Waals surface area contributed by atoms with Gasteiger partial charge >= 0.3 is 0 Å². The van der Waals surface area contributed by atoms with Crippen LogP contribution in [0.2, 0.25) is 0 Å². The number of ketones is 1. The average Bonchev–Trinajstić information content (AvgIpc) is 2.37. The average molecular weight is 276 g/mol. The van der Waals surface area contributed by atoms with Crippen LogP contribution in [0.4, 0.5) is 11.8 Å². The maximum Gasteiger partial charge on any atom is 0.227 e. The van der Waals surface area contributed by atoms with Gasteiger partial charge in [0.2, 0.25) is 5.95 Å². The van der Waals surface area contributed by atoms with Gasteiger partial charge in [-0.15, -0.1) is 0 Å². The van der Waals surface area contributed by atoms with Crippen molar-refractivity contribution < 1.29 is 9.53 Å². The third-order valence-corrected chi connectivity index (χ3v) is 3.86. The number of hydrogen-bond acceptors (Lipinski definition) is 6. The predicted octanol–water partition coefficient (Wildman–Crippen LogP) is 1.05. The number of morpholine rings is 1. The van der Waals surface area contributed by atoms with Crippen LogP contribution in [-0.4, -0.2) is 42.1 Å². The maximum atomic E-state index is 12.2. The molecule has 1 aliphatic carbocycles. The van der Waals surface area contributed by atoms with Gasteiger partial charge in [0.05, 0.1) is 24.5 Å². The largest absolute Gasteiger partial charge is 0.383 e. The molecule has 0 atom stereocenters. The van der Waals surface area contributed by atoms with Crippen molar-refractivity contribution in [2.75, 3.05) is 36.9 Å². The SMILES string of the molecule is CC1(C)CC(=O)c2c(N)nc(N3CCOCC3)nc2C1. The Kier molecular flexibility index (Phi) is 3.12. The number of ether oxygens (including phenoxy) is 1. The Morgan fingerprint density at radius 2 is 1.90 bits per heavy atom. The van der Waals surface area contributed by atoms with E-state index in [1.54, 1.807) is 0 Å². The lowest BCUT2D eigenvalue weighted by atomic mass is 9.76. The van der Waals surface area contributed by atoms with Gasteiger partial charge in [0.15, 0.2) is 5.78 Å². The highest BCUT2D eigenvalue weighted by molar-refractivity contribution is 6.02. The van der Waals surface area contributed by atoms with E-state index in [0.717, 1.165) is 25.2 Å². The Balaban J connectivity index is 2.00. The van der Waals surface area contributed by atoms with Crippen LogP contribution in [-0.2, 0) is 11.2 Å². The summed E-state index contributed by atoms with van der Waals surface area (Å²) in [6.07, 6.45) is 1.27. The van der Waals surface area contributed by atoms with Crippen LogP contribution >= 0.6 is 0 Å². The zero-order chi connectivity index (χ0) is 14.3. The van der Waals surface area contributed by atoms with Gasteiger partial charge in [0, 0.05) is 19.5 Å².